The van der Waals surface area contributed by atoms with E-state index in [0.717, 1.165) is 44.9 Å². The van der Waals surface area contributed by atoms with Gasteiger partial charge >= 0.3 is 27.5 Å². The highest BCUT2D eigenvalue weighted by Gasteiger charge is 2.53. The zero-order chi connectivity index (χ0) is 26.3. The molecule has 2 saturated carbocycles. The van der Waals surface area contributed by atoms with E-state index in [-0.39, 0.29) is 18.1 Å². The van der Waals surface area contributed by atoms with E-state index in [0.29, 0.717) is 51.0 Å². The molecule has 3 rings (SSSR count). The molecule has 3 aliphatic rings. The van der Waals surface area contributed by atoms with Gasteiger partial charge in [-0.2, -0.15) is 17.2 Å². The van der Waals surface area contributed by atoms with Crippen molar-refractivity contribution < 1.29 is 45.2 Å². The van der Waals surface area contributed by atoms with Gasteiger partial charge in [0.2, 0.25) is 6.17 Å². The standard InChI is InChI=1S/C22H36F3N3O7S/c23-19(22(24,25)36(31,32)33)14-35-21(30)27-18-7-3-16(4-8-18)13-15-1-5-17(6-2-15)26-20(29)28-9-11-34-12-10-28/h15-19H,1-14H2,(H,26,29)(H,27,30)(H,31,32,33). The number of carbonyl (C=O) groups excluding carboxylic acids is 2. The van der Waals surface area contributed by atoms with Gasteiger partial charge in [-0.1, -0.05) is 0 Å². The van der Waals surface area contributed by atoms with Gasteiger partial charge in [-0.15, -0.1) is 0 Å². The van der Waals surface area contributed by atoms with Gasteiger partial charge in [-0.25, -0.2) is 14.0 Å². The fourth-order valence-electron chi connectivity index (χ4n) is 5.20. The lowest BCUT2D eigenvalue weighted by Gasteiger charge is -2.35. The van der Waals surface area contributed by atoms with Crippen LogP contribution in [0.1, 0.15) is 57.8 Å². The number of alkyl halides is 3. The average molecular weight is 544 g/mol. The summed E-state index contributed by atoms with van der Waals surface area (Å²) in [5.74, 6) is 1.10. The summed E-state index contributed by atoms with van der Waals surface area (Å²) < 4.78 is 78.9. The number of morpholine rings is 1. The first-order valence-electron chi connectivity index (χ1n) is 12.5. The monoisotopic (exact) mass is 543 g/mol. The van der Waals surface area contributed by atoms with Gasteiger partial charge < -0.3 is 25.0 Å². The maximum absolute atomic E-state index is 13.4. The molecule has 3 amide bonds. The second-order valence-corrected chi connectivity index (χ2v) is 11.5. The fraction of sp³-hybridized carbons (Fsp3) is 0.909. The van der Waals surface area contributed by atoms with Gasteiger partial charge in [0.15, 0.2) is 0 Å². The predicted octanol–water partition coefficient (Wildman–Crippen LogP) is 3.08. The van der Waals surface area contributed by atoms with E-state index in [4.69, 9.17) is 9.29 Å². The van der Waals surface area contributed by atoms with E-state index >= 15 is 0 Å². The minimum absolute atomic E-state index is 0.0136. The zero-order valence-corrected chi connectivity index (χ0v) is 21.0. The molecular weight excluding hydrogens is 507 g/mol. The van der Waals surface area contributed by atoms with Crippen molar-refractivity contribution in [1.29, 1.82) is 0 Å². The lowest BCUT2D eigenvalue weighted by Crippen LogP contribution is -2.49. The number of hydrogen-bond donors (Lipinski definition) is 3. The molecule has 3 fully saturated rings. The third kappa shape index (κ3) is 8.10. The molecule has 0 radical (unpaired) electrons. The molecule has 1 unspecified atom stereocenters. The molecule has 2 aliphatic carbocycles. The minimum atomic E-state index is -5.95. The zero-order valence-electron chi connectivity index (χ0n) is 20.2. The first kappa shape index (κ1) is 28.8. The Hall–Kier alpha value is -1.80. The topological polar surface area (TPSA) is 134 Å². The van der Waals surface area contributed by atoms with E-state index in [1.807, 2.05) is 0 Å². The van der Waals surface area contributed by atoms with Crippen molar-refractivity contribution in [3.8, 4) is 0 Å². The van der Waals surface area contributed by atoms with Gasteiger partial charge in [0, 0.05) is 25.2 Å². The molecule has 0 aromatic carbocycles. The highest BCUT2D eigenvalue weighted by atomic mass is 32.2. The number of alkyl carbamates (subject to hydrolysis) is 1. The van der Waals surface area contributed by atoms with Crippen LogP contribution >= 0.6 is 0 Å². The van der Waals surface area contributed by atoms with Gasteiger partial charge in [-0.05, 0) is 69.6 Å². The summed E-state index contributed by atoms with van der Waals surface area (Å²) in [5.41, 5.74) is 0. The highest BCUT2D eigenvalue weighted by Crippen LogP contribution is 2.35. The number of carbonyl (C=O) groups is 2. The predicted molar refractivity (Wildman–Crippen MR) is 123 cm³/mol. The van der Waals surface area contributed by atoms with Crippen molar-refractivity contribution >= 4 is 22.2 Å². The van der Waals surface area contributed by atoms with Crippen molar-refractivity contribution in [3.05, 3.63) is 0 Å². The average Bonchev–Trinajstić information content (AvgIpc) is 2.84. The van der Waals surface area contributed by atoms with E-state index in [2.05, 4.69) is 15.4 Å². The molecule has 0 bridgehead atoms. The van der Waals surface area contributed by atoms with Crippen molar-refractivity contribution in [1.82, 2.24) is 15.5 Å². The quantitative estimate of drug-likeness (QED) is 0.401. The third-order valence-electron chi connectivity index (χ3n) is 7.38. The summed E-state index contributed by atoms with van der Waals surface area (Å²) in [4.78, 5) is 26.0. The molecule has 10 nitrogen and oxygen atoms in total. The van der Waals surface area contributed by atoms with Gasteiger partial charge in [0.1, 0.15) is 6.61 Å². The molecule has 1 atom stereocenters. The van der Waals surface area contributed by atoms with Crippen LogP contribution < -0.4 is 10.6 Å². The lowest BCUT2D eigenvalue weighted by molar-refractivity contribution is -0.0307. The van der Waals surface area contributed by atoms with Crippen molar-refractivity contribution in [2.45, 2.75) is 81.3 Å². The number of halogens is 3. The van der Waals surface area contributed by atoms with Crippen LogP contribution in [-0.4, -0.2) is 86.4 Å². The van der Waals surface area contributed by atoms with E-state index in [1.165, 1.54) is 0 Å². The summed E-state index contributed by atoms with van der Waals surface area (Å²) in [7, 11) is -5.95. The largest absolute Gasteiger partial charge is 0.446 e. The van der Waals surface area contributed by atoms with Crippen LogP contribution in [0.25, 0.3) is 0 Å². The first-order valence-corrected chi connectivity index (χ1v) is 13.9. The number of ether oxygens (including phenoxy) is 2. The van der Waals surface area contributed by atoms with E-state index in [9.17, 15) is 31.2 Å². The minimum Gasteiger partial charge on any atom is -0.446 e. The number of nitrogens with one attached hydrogen (secondary N) is 2. The molecule has 1 saturated heterocycles. The SMILES string of the molecule is O=C(NC1CCC(CC2CCC(NC(=O)N3CCOCC3)CC2)CC1)OCC(F)C(F)(F)S(=O)(=O)O. The molecule has 0 aromatic heterocycles. The molecule has 36 heavy (non-hydrogen) atoms. The molecule has 208 valence electrons. The van der Waals surface area contributed by atoms with Crippen LogP contribution in [0.2, 0.25) is 0 Å². The molecule has 14 heteroatoms. The summed E-state index contributed by atoms with van der Waals surface area (Å²) in [6.45, 7) is 0.900. The Labute approximate surface area is 209 Å². The third-order valence-corrected chi connectivity index (χ3v) is 8.32. The molecule has 0 spiro atoms. The Morgan fingerprint density at radius 1 is 0.972 bits per heavy atom. The van der Waals surface area contributed by atoms with Gasteiger partial charge in [0.05, 0.1) is 13.2 Å². The Bertz CT molecular complexity index is 842. The number of hydrogen-bond acceptors (Lipinski definition) is 6. The molecule has 1 heterocycles. The highest BCUT2D eigenvalue weighted by molar-refractivity contribution is 7.86. The molecule has 3 N–H and O–H groups in total. The number of amides is 3. The van der Waals surface area contributed by atoms with Crippen molar-refractivity contribution in [2.24, 2.45) is 11.8 Å². The Kier molecular flexibility index (Phi) is 10.1. The summed E-state index contributed by atoms with van der Waals surface area (Å²) >= 11 is 0. The Morgan fingerprint density at radius 2 is 1.47 bits per heavy atom. The van der Waals surface area contributed by atoms with Gasteiger partial charge in [-0.3, -0.25) is 4.55 Å². The summed E-state index contributed by atoms with van der Waals surface area (Å²) in [6, 6.07) is -0.0517. The number of urea groups is 1. The maximum Gasteiger partial charge on any atom is 0.407 e. The summed E-state index contributed by atoms with van der Waals surface area (Å²) in [5, 5.41) is 0.588. The Balaban J connectivity index is 1.29. The van der Waals surface area contributed by atoms with Crippen LogP contribution in [-0.2, 0) is 19.6 Å². The van der Waals surface area contributed by atoms with Crippen LogP contribution in [0.5, 0.6) is 0 Å². The fourth-order valence-corrected chi connectivity index (χ4v) is 5.60. The number of rotatable bonds is 8. The molecule has 1 aliphatic heterocycles. The van der Waals surface area contributed by atoms with Crippen LogP contribution in [0.15, 0.2) is 0 Å². The Morgan fingerprint density at radius 3 is 1.97 bits per heavy atom. The second-order valence-electron chi connectivity index (χ2n) is 9.97. The summed E-state index contributed by atoms with van der Waals surface area (Å²) in [6.07, 6.45) is 3.71. The number of nitrogens with zero attached hydrogens (tertiary/aromatic N) is 1. The van der Waals surface area contributed by atoms with Gasteiger partial charge in [0.25, 0.3) is 0 Å². The molecule has 0 aromatic rings. The lowest BCUT2D eigenvalue weighted by atomic mass is 9.76. The van der Waals surface area contributed by atoms with Crippen molar-refractivity contribution in [3.63, 3.8) is 0 Å². The second kappa shape index (κ2) is 12.6. The van der Waals surface area contributed by atoms with Crippen molar-refractivity contribution in [2.75, 3.05) is 32.9 Å². The normalized spacial score (nSPS) is 28.7. The van der Waals surface area contributed by atoms with E-state index < -0.39 is 34.2 Å². The van der Waals surface area contributed by atoms with Crippen LogP contribution in [0.3, 0.4) is 0 Å². The maximum atomic E-state index is 13.4. The first-order chi connectivity index (χ1) is 17.0. The van der Waals surface area contributed by atoms with Crippen LogP contribution in [0.4, 0.5) is 22.8 Å². The van der Waals surface area contributed by atoms with E-state index in [1.54, 1.807) is 4.90 Å². The smallest absolute Gasteiger partial charge is 0.407 e. The molecular formula is C22H36F3N3O7S. The van der Waals surface area contributed by atoms with Crippen LogP contribution in [0, 0.1) is 11.8 Å².